The number of aliphatic hydroxyl groups excluding tert-OH is 1. The fraction of sp³-hybridized carbons (Fsp3) is 0.333. The Labute approximate surface area is 153 Å². The van der Waals surface area contributed by atoms with Crippen LogP contribution in [0.5, 0.6) is 0 Å². The number of hydrogen-bond acceptors (Lipinski definition) is 5. The lowest BCUT2D eigenvalue weighted by Crippen LogP contribution is -2.29. The Morgan fingerprint density at radius 3 is 1.85 bits per heavy atom. The molecule has 5 nitrogen and oxygen atoms in total. The third-order valence-electron chi connectivity index (χ3n) is 4.62. The quantitative estimate of drug-likeness (QED) is 0.634. The van der Waals surface area contributed by atoms with Gasteiger partial charge in [-0.2, -0.15) is 0 Å². The molecule has 0 aromatic heterocycles. The van der Waals surface area contributed by atoms with Crippen molar-refractivity contribution in [1.82, 2.24) is 0 Å². The van der Waals surface area contributed by atoms with Crippen LogP contribution < -0.4 is 10.6 Å². The van der Waals surface area contributed by atoms with Crippen molar-refractivity contribution in [2.75, 3.05) is 30.3 Å². The van der Waals surface area contributed by atoms with Gasteiger partial charge < -0.3 is 15.7 Å². The van der Waals surface area contributed by atoms with Gasteiger partial charge in [-0.1, -0.05) is 38.1 Å². The Kier molecular flexibility index (Phi) is 4.83. The number of carbonyl (C=O) groups excluding carboxylic acids is 2. The molecule has 26 heavy (non-hydrogen) atoms. The molecule has 0 spiro atoms. The number of carbonyl (C=O) groups is 2. The standard InChI is InChI=1S/C21H24N2O3/c1-4-22-15-9-5-7-13-17(15)19(25)14-8-6-10-16(18(14)20(13)26)23-11-21(2,3)12-24/h5-10,22-24H,4,11-12H2,1-3H3. The molecular formula is C21H24N2O3. The SMILES string of the molecule is CCNc1cccc2c1C(=O)c1cccc(NCC(C)(C)CO)c1C2=O. The number of rotatable bonds is 6. The van der Waals surface area contributed by atoms with Gasteiger partial charge in [0, 0.05) is 47.6 Å². The second kappa shape index (κ2) is 6.92. The zero-order valence-electron chi connectivity index (χ0n) is 15.3. The molecule has 2 aromatic carbocycles. The van der Waals surface area contributed by atoms with E-state index in [0.29, 0.717) is 46.7 Å². The molecular weight excluding hydrogens is 328 g/mol. The lowest BCUT2D eigenvalue weighted by Gasteiger charge is -2.26. The molecule has 1 aliphatic rings. The maximum Gasteiger partial charge on any atom is 0.196 e. The first-order valence-electron chi connectivity index (χ1n) is 8.83. The van der Waals surface area contributed by atoms with Gasteiger partial charge in [0.2, 0.25) is 0 Å². The summed E-state index contributed by atoms with van der Waals surface area (Å²) in [5.74, 6) is -0.296. The molecule has 3 N–H and O–H groups in total. The van der Waals surface area contributed by atoms with E-state index in [2.05, 4.69) is 10.6 Å². The minimum atomic E-state index is -0.333. The molecule has 0 fully saturated rings. The Morgan fingerprint density at radius 2 is 1.38 bits per heavy atom. The Balaban J connectivity index is 2.06. The summed E-state index contributed by atoms with van der Waals surface area (Å²) < 4.78 is 0. The van der Waals surface area contributed by atoms with Gasteiger partial charge in [0.05, 0.1) is 11.1 Å². The maximum absolute atomic E-state index is 13.2. The highest BCUT2D eigenvalue weighted by molar-refractivity contribution is 6.31. The van der Waals surface area contributed by atoms with Crippen molar-refractivity contribution < 1.29 is 14.7 Å². The topological polar surface area (TPSA) is 78.4 Å². The summed E-state index contributed by atoms with van der Waals surface area (Å²) in [6.07, 6.45) is 0. The van der Waals surface area contributed by atoms with E-state index < -0.39 is 0 Å². The van der Waals surface area contributed by atoms with Gasteiger partial charge in [-0.3, -0.25) is 9.59 Å². The normalized spacial score (nSPS) is 13.2. The van der Waals surface area contributed by atoms with Crippen LogP contribution in [0.3, 0.4) is 0 Å². The predicted molar refractivity (Wildman–Crippen MR) is 103 cm³/mol. The van der Waals surface area contributed by atoms with E-state index in [9.17, 15) is 14.7 Å². The minimum Gasteiger partial charge on any atom is -0.396 e. The van der Waals surface area contributed by atoms with E-state index in [1.165, 1.54) is 0 Å². The van der Waals surface area contributed by atoms with Crippen molar-refractivity contribution in [1.29, 1.82) is 0 Å². The second-order valence-electron chi connectivity index (χ2n) is 7.32. The molecule has 136 valence electrons. The summed E-state index contributed by atoms with van der Waals surface area (Å²) in [5, 5.41) is 15.9. The average Bonchev–Trinajstić information content (AvgIpc) is 2.64. The third kappa shape index (κ3) is 3.10. The van der Waals surface area contributed by atoms with Gasteiger partial charge in [0.25, 0.3) is 0 Å². The van der Waals surface area contributed by atoms with E-state index in [4.69, 9.17) is 0 Å². The molecule has 0 radical (unpaired) electrons. The van der Waals surface area contributed by atoms with E-state index >= 15 is 0 Å². The second-order valence-corrected chi connectivity index (χ2v) is 7.32. The van der Waals surface area contributed by atoms with Crippen LogP contribution >= 0.6 is 0 Å². The van der Waals surface area contributed by atoms with E-state index in [1.807, 2.05) is 26.8 Å². The number of nitrogens with one attached hydrogen (secondary N) is 2. The van der Waals surface area contributed by atoms with Crippen molar-refractivity contribution in [2.24, 2.45) is 5.41 Å². The van der Waals surface area contributed by atoms with Gasteiger partial charge in [-0.25, -0.2) is 0 Å². The highest BCUT2D eigenvalue weighted by Gasteiger charge is 2.33. The maximum atomic E-state index is 13.2. The number of anilines is 2. The zero-order chi connectivity index (χ0) is 18.9. The number of ketones is 2. The molecule has 5 heteroatoms. The first-order valence-corrected chi connectivity index (χ1v) is 8.83. The zero-order valence-corrected chi connectivity index (χ0v) is 15.3. The van der Waals surface area contributed by atoms with Crippen LogP contribution in [0.25, 0.3) is 0 Å². The molecule has 0 saturated carbocycles. The molecule has 0 amide bonds. The first-order chi connectivity index (χ1) is 12.4. The van der Waals surface area contributed by atoms with Gasteiger partial charge in [0.15, 0.2) is 11.6 Å². The van der Waals surface area contributed by atoms with Crippen LogP contribution in [0, 0.1) is 5.41 Å². The van der Waals surface area contributed by atoms with Crippen molar-refractivity contribution in [3.63, 3.8) is 0 Å². The molecule has 0 heterocycles. The Bertz CT molecular complexity index is 872. The van der Waals surface area contributed by atoms with Crippen LogP contribution in [0.1, 0.15) is 52.6 Å². The summed E-state index contributed by atoms with van der Waals surface area (Å²) in [6, 6.07) is 10.6. The minimum absolute atomic E-state index is 0.0246. The largest absolute Gasteiger partial charge is 0.396 e. The van der Waals surface area contributed by atoms with Crippen molar-refractivity contribution >= 4 is 22.9 Å². The van der Waals surface area contributed by atoms with Crippen molar-refractivity contribution in [3.8, 4) is 0 Å². The lowest BCUT2D eigenvalue weighted by atomic mass is 9.82. The molecule has 0 atom stereocenters. The van der Waals surface area contributed by atoms with Gasteiger partial charge in [-0.05, 0) is 19.1 Å². The number of fused-ring (bicyclic) bond motifs is 2. The monoisotopic (exact) mass is 352 g/mol. The lowest BCUT2D eigenvalue weighted by molar-refractivity contribution is 0.0980. The average molecular weight is 352 g/mol. The van der Waals surface area contributed by atoms with Gasteiger partial charge in [0.1, 0.15) is 0 Å². The number of benzene rings is 2. The highest BCUT2D eigenvalue weighted by Crippen LogP contribution is 2.35. The highest BCUT2D eigenvalue weighted by atomic mass is 16.3. The number of aliphatic hydroxyl groups is 1. The van der Waals surface area contributed by atoms with Crippen molar-refractivity contribution in [3.05, 3.63) is 58.7 Å². The summed E-state index contributed by atoms with van der Waals surface area (Å²) in [4.78, 5) is 26.3. The number of hydrogen-bond donors (Lipinski definition) is 3. The van der Waals surface area contributed by atoms with Crippen LogP contribution in [0.15, 0.2) is 36.4 Å². The molecule has 0 bridgehead atoms. The van der Waals surface area contributed by atoms with E-state index in [1.54, 1.807) is 30.3 Å². The smallest absolute Gasteiger partial charge is 0.196 e. The predicted octanol–water partition coefficient (Wildman–Crippen LogP) is 3.32. The molecule has 1 aliphatic carbocycles. The van der Waals surface area contributed by atoms with Crippen LogP contribution in [0.4, 0.5) is 11.4 Å². The summed E-state index contributed by atoms with van der Waals surface area (Å²) in [5.41, 5.74) is 2.68. The molecule has 2 aromatic rings. The molecule has 0 saturated heterocycles. The summed E-state index contributed by atoms with van der Waals surface area (Å²) >= 11 is 0. The Morgan fingerprint density at radius 1 is 0.885 bits per heavy atom. The fourth-order valence-corrected chi connectivity index (χ4v) is 3.12. The van der Waals surface area contributed by atoms with Crippen LogP contribution in [-0.2, 0) is 0 Å². The summed E-state index contributed by atoms with van der Waals surface area (Å²) in [7, 11) is 0. The molecule has 3 rings (SSSR count). The van der Waals surface area contributed by atoms with Gasteiger partial charge in [-0.15, -0.1) is 0 Å². The molecule has 0 unspecified atom stereocenters. The van der Waals surface area contributed by atoms with E-state index in [0.717, 1.165) is 0 Å². The fourth-order valence-electron chi connectivity index (χ4n) is 3.12. The van der Waals surface area contributed by atoms with Gasteiger partial charge >= 0.3 is 0 Å². The Hall–Kier alpha value is -2.66. The van der Waals surface area contributed by atoms with E-state index in [-0.39, 0.29) is 23.6 Å². The first kappa shape index (κ1) is 18.1. The molecule has 0 aliphatic heterocycles. The van der Waals surface area contributed by atoms with Crippen LogP contribution in [-0.4, -0.2) is 36.4 Å². The van der Waals surface area contributed by atoms with Crippen molar-refractivity contribution in [2.45, 2.75) is 20.8 Å². The third-order valence-corrected chi connectivity index (χ3v) is 4.62. The summed E-state index contributed by atoms with van der Waals surface area (Å²) in [6.45, 7) is 7.00. The van der Waals surface area contributed by atoms with Crippen LogP contribution in [0.2, 0.25) is 0 Å².